The van der Waals surface area contributed by atoms with Crippen molar-refractivity contribution in [1.82, 2.24) is 5.32 Å². The van der Waals surface area contributed by atoms with Crippen molar-refractivity contribution in [3.63, 3.8) is 0 Å². The minimum absolute atomic E-state index is 0.0122. The largest absolute Gasteiger partial charge is 0.377 e. The van der Waals surface area contributed by atoms with Crippen molar-refractivity contribution >= 4 is 11.7 Å². The number of nitrogens with one attached hydrogen (secondary N) is 1. The molecular formula is C18H34FNO7. The van der Waals surface area contributed by atoms with Crippen molar-refractivity contribution in [2.24, 2.45) is 0 Å². The van der Waals surface area contributed by atoms with Gasteiger partial charge < -0.3 is 29.0 Å². The average molecular weight is 395 g/mol. The number of ether oxygens (including phenoxy) is 5. The van der Waals surface area contributed by atoms with Crippen LogP contribution in [0.25, 0.3) is 0 Å². The molecule has 1 amide bonds. The fourth-order valence-corrected chi connectivity index (χ4v) is 1.81. The minimum atomic E-state index is -1.31. The molecule has 0 aliphatic heterocycles. The highest BCUT2D eigenvalue weighted by atomic mass is 19.1. The molecule has 0 aromatic heterocycles. The van der Waals surface area contributed by atoms with Crippen LogP contribution < -0.4 is 5.32 Å². The van der Waals surface area contributed by atoms with Crippen molar-refractivity contribution < 1.29 is 37.7 Å². The molecule has 0 heterocycles. The number of rotatable bonds is 18. The van der Waals surface area contributed by atoms with E-state index in [2.05, 4.69) is 5.32 Å². The quantitative estimate of drug-likeness (QED) is 0.345. The lowest BCUT2D eigenvalue weighted by atomic mass is 10.0. The smallest absolute Gasteiger partial charge is 0.216 e. The van der Waals surface area contributed by atoms with Crippen LogP contribution >= 0.6 is 0 Å². The van der Waals surface area contributed by atoms with Crippen LogP contribution in [0.1, 0.15) is 27.7 Å². The maximum Gasteiger partial charge on any atom is 0.216 e. The predicted molar refractivity (Wildman–Crippen MR) is 97.6 cm³/mol. The van der Waals surface area contributed by atoms with E-state index in [9.17, 15) is 14.0 Å². The number of halogens is 1. The SMILES string of the molecule is CC(=O)COCCOCCOCCOCCOC(C)(C)C(F)CNC(C)=O. The zero-order valence-corrected chi connectivity index (χ0v) is 16.9. The number of carbonyl (C=O) groups is 2. The van der Waals surface area contributed by atoms with Gasteiger partial charge in [-0.2, -0.15) is 0 Å². The summed E-state index contributed by atoms with van der Waals surface area (Å²) in [6, 6.07) is 0. The van der Waals surface area contributed by atoms with Crippen LogP contribution in [0, 0.1) is 0 Å². The topological polar surface area (TPSA) is 92.3 Å². The van der Waals surface area contributed by atoms with Gasteiger partial charge in [-0.1, -0.05) is 0 Å². The zero-order chi connectivity index (χ0) is 20.5. The predicted octanol–water partition coefficient (Wildman–Crippen LogP) is 0.911. The zero-order valence-electron chi connectivity index (χ0n) is 16.9. The molecule has 160 valence electrons. The van der Waals surface area contributed by atoms with Gasteiger partial charge >= 0.3 is 0 Å². The van der Waals surface area contributed by atoms with E-state index >= 15 is 0 Å². The first-order valence-electron chi connectivity index (χ1n) is 9.08. The first-order chi connectivity index (χ1) is 12.8. The summed E-state index contributed by atoms with van der Waals surface area (Å²) >= 11 is 0. The summed E-state index contributed by atoms with van der Waals surface area (Å²) in [4.78, 5) is 21.4. The molecular weight excluding hydrogens is 361 g/mol. The van der Waals surface area contributed by atoms with Gasteiger partial charge in [-0.15, -0.1) is 0 Å². The summed E-state index contributed by atoms with van der Waals surface area (Å²) in [7, 11) is 0. The molecule has 8 nitrogen and oxygen atoms in total. The molecule has 0 aliphatic rings. The highest BCUT2D eigenvalue weighted by Crippen LogP contribution is 2.17. The molecule has 0 aliphatic carbocycles. The van der Waals surface area contributed by atoms with Crippen LogP contribution in [0.15, 0.2) is 0 Å². The Morgan fingerprint density at radius 1 is 0.852 bits per heavy atom. The molecule has 0 fully saturated rings. The molecule has 0 saturated heterocycles. The molecule has 0 spiro atoms. The van der Waals surface area contributed by atoms with E-state index < -0.39 is 11.8 Å². The molecule has 0 aromatic rings. The van der Waals surface area contributed by atoms with Crippen molar-refractivity contribution in [1.29, 1.82) is 0 Å². The van der Waals surface area contributed by atoms with Gasteiger partial charge in [0.15, 0.2) is 5.78 Å². The number of Topliss-reactive ketones (excluding diaryl/α,β-unsaturated/α-hetero) is 1. The van der Waals surface area contributed by atoms with Gasteiger partial charge in [0.05, 0.1) is 65.0 Å². The van der Waals surface area contributed by atoms with E-state index in [4.69, 9.17) is 23.7 Å². The fraction of sp³-hybridized carbons (Fsp3) is 0.889. The van der Waals surface area contributed by atoms with Gasteiger partial charge in [0.25, 0.3) is 0 Å². The number of alkyl halides is 1. The summed E-state index contributed by atoms with van der Waals surface area (Å²) in [5.74, 6) is -0.287. The van der Waals surface area contributed by atoms with Crippen molar-refractivity contribution in [2.75, 3.05) is 66.0 Å². The average Bonchev–Trinajstić information content (AvgIpc) is 2.59. The van der Waals surface area contributed by atoms with Crippen LogP contribution in [-0.2, 0) is 33.3 Å². The van der Waals surface area contributed by atoms with E-state index in [0.29, 0.717) is 46.2 Å². The lowest BCUT2D eigenvalue weighted by molar-refractivity contribution is -0.122. The van der Waals surface area contributed by atoms with Gasteiger partial charge in [0, 0.05) is 6.92 Å². The minimum Gasteiger partial charge on any atom is -0.377 e. The van der Waals surface area contributed by atoms with E-state index in [1.807, 2.05) is 0 Å². The van der Waals surface area contributed by atoms with Crippen molar-refractivity contribution in [3.8, 4) is 0 Å². The lowest BCUT2D eigenvalue weighted by Gasteiger charge is -2.29. The molecule has 0 rings (SSSR count). The summed E-state index contributed by atoms with van der Waals surface area (Å²) in [5.41, 5.74) is -1.01. The number of hydrogen-bond donors (Lipinski definition) is 1. The molecule has 0 saturated carbocycles. The molecule has 0 aromatic carbocycles. The van der Waals surface area contributed by atoms with Crippen molar-refractivity contribution in [3.05, 3.63) is 0 Å². The Hall–Kier alpha value is -1.13. The second kappa shape index (κ2) is 15.9. The van der Waals surface area contributed by atoms with Gasteiger partial charge in [-0.05, 0) is 20.8 Å². The monoisotopic (exact) mass is 395 g/mol. The maximum atomic E-state index is 14.0. The Morgan fingerprint density at radius 3 is 1.74 bits per heavy atom. The van der Waals surface area contributed by atoms with Crippen LogP contribution in [0.2, 0.25) is 0 Å². The number of amides is 1. The summed E-state index contributed by atoms with van der Waals surface area (Å²) in [6.45, 7) is 9.16. The molecule has 1 atom stereocenters. The normalized spacial score (nSPS) is 12.8. The molecule has 27 heavy (non-hydrogen) atoms. The van der Waals surface area contributed by atoms with Gasteiger partial charge in [0.2, 0.25) is 5.91 Å². The Morgan fingerprint density at radius 2 is 1.30 bits per heavy atom. The second-order valence-electron chi connectivity index (χ2n) is 6.45. The van der Waals surface area contributed by atoms with Crippen LogP contribution in [-0.4, -0.2) is 89.5 Å². The fourth-order valence-electron chi connectivity index (χ4n) is 1.81. The van der Waals surface area contributed by atoms with Gasteiger partial charge in [-0.25, -0.2) is 4.39 Å². The number of hydrogen-bond acceptors (Lipinski definition) is 7. The summed E-state index contributed by atoms with van der Waals surface area (Å²) < 4.78 is 40.5. The highest BCUT2D eigenvalue weighted by Gasteiger charge is 2.30. The highest BCUT2D eigenvalue weighted by molar-refractivity contribution is 5.76. The van der Waals surface area contributed by atoms with Crippen LogP contribution in [0.4, 0.5) is 4.39 Å². The summed E-state index contributed by atoms with van der Waals surface area (Å²) in [6.07, 6.45) is -1.31. The third kappa shape index (κ3) is 16.7. The van der Waals surface area contributed by atoms with Crippen LogP contribution in [0.3, 0.4) is 0 Å². The first kappa shape index (κ1) is 25.9. The Kier molecular flexibility index (Phi) is 15.2. The van der Waals surface area contributed by atoms with Gasteiger partial charge in [0.1, 0.15) is 12.8 Å². The molecule has 9 heteroatoms. The third-order valence-electron chi connectivity index (χ3n) is 3.41. The molecule has 1 unspecified atom stereocenters. The second-order valence-corrected chi connectivity index (χ2v) is 6.45. The molecule has 0 bridgehead atoms. The third-order valence-corrected chi connectivity index (χ3v) is 3.41. The summed E-state index contributed by atoms with van der Waals surface area (Å²) in [5, 5.41) is 2.43. The Labute approximate surface area is 161 Å². The standard InChI is InChI=1S/C18H34FNO7/c1-15(21)14-26-10-9-24-6-5-23-7-8-25-11-12-27-18(3,4)17(19)13-20-16(2)22/h17H,5-14H2,1-4H3,(H,20,22). The number of ketones is 1. The Balaban J connectivity index is 3.41. The Bertz CT molecular complexity index is 407. The van der Waals surface area contributed by atoms with Gasteiger partial charge in [-0.3, -0.25) is 9.59 Å². The van der Waals surface area contributed by atoms with E-state index in [0.717, 1.165) is 0 Å². The van der Waals surface area contributed by atoms with Crippen LogP contribution in [0.5, 0.6) is 0 Å². The number of carbonyl (C=O) groups excluding carboxylic acids is 2. The van der Waals surface area contributed by atoms with Crippen molar-refractivity contribution in [2.45, 2.75) is 39.5 Å². The van der Waals surface area contributed by atoms with E-state index in [1.54, 1.807) is 13.8 Å². The van der Waals surface area contributed by atoms with E-state index in [-0.39, 0.29) is 31.4 Å². The maximum absolute atomic E-state index is 14.0. The van der Waals surface area contributed by atoms with E-state index in [1.165, 1.54) is 13.8 Å². The lowest BCUT2D eigenvalue weighted by Crippen LogP contribution is -2.44. The molecule has 1 N–H and O–H groups in total. The molecule has 0 radical (unpaired) electrons. The first-order valence-corrected chi connectivity index (χ1v) is 9.08.